The highest BCUT2D eigenvalue weighted by Gasteiger charge is 2.19. The van der Waals surface area contributed by atoms with Crippen LogP contribution in [0.3, 0.4) is 0 Å². The van der Waals surface area contributed by atoms with E-state index in [4.69, 9.17) is 23.2 Å². The highest BCUT2D eigenvalue weighted by molar-refractivity contribution is 7.92. The van der Waals surface area contributed by atoms with Crippen LogP contribution in [0.4, 0.5) is 5.69 Å². The number of carbonyl (C=O) groups excluding carboxylic acids is 1. The Morgan fingerprint density at radius 1 is 1.16 bits per heavy atom. The summed E-state index contributed by atoms with van der Waals surface area (Å²) >= 11 is 12.0. The number of benzene rings is 2. The highest BCUT2D eigenvalue weighted by Crippen LogP contribution is 2.25. The average molecular weight is 399 g/mol. The topological polar surface area (TPSA) is 75.3 Å². The molecule has 0 fully saturated rings. The maximum absolute atomic E-state index is 12.6. The van der Waals surface area contributed by atoms with Gasteiger partial charge in [0.15, 0.2) is 0 Å². The zero-order valence-corrected chi connectivity index (χ0v) is 15.7. The summed E-state index contributed by atoms with van der Waals surface area (Å²) in [7, 11) is -3.90. The first kappa shape index (κ1) is 19.3. The van der Waals surface area contributed by atoms with Crippen LogP contribution < -0.4 is 10.0 Å². The Bertz CT molecular complexity index is 927. The van der Waals surface area contributed by atoms with E-state index in [0.29, 0.717) is 10.7 Å². The summed E-state index contributed by atoms with van der Waals surface area (Å²) < 4.78 is 27.5. The van der Waals surface area contributed by atoms with Gasteiger partial charge in [-0.15, -0.1) is 6.58 Å². The number of hydrogen-bond donors (Lipinski definition) is 2. The number of amides is 1. The van der Waals surface area contributed by atoms with E-state index in [1.807, 2.05) is 6.92 Å². The van der Waals surface area contributed by atoms with Gasteiger partial charge in [-0.3, -0.25) is 9.52 Å². The van der Waals surface area contributed by atoms with E-state index >= 15 is 0 Å². The first-order valence-corrected chi connectivity index (χ1v) is 9.46. The number of anilines is 1. The van der Waals surface area contributed by atoms with Gasteiger partial charge >= 0.3 is 0 Å². The predicted molar refractivity (Wildman–Crippen MR) is 101 cm³/mol. The first-order chi connectivity index (χ1) is 11.7. The van der Waals surface area contributed by atoms with Crippen molar-refractivity contribution in [3.63, 3.8) is 0 Å². The summed E-state index contributed by atoms with van der Waals surface area (Å²) in [5.41, 5.74) is 1.22. The van der Waals surface area contributed by atoms with Crippen molar-refractivity contribution in [3.8, 4) is 0 Å². The minimum absolute atomic E-state index is 0.0633. The second kappa shape index (κ2) is 7.91. The van der Waals surface area contributed by atoms with E-state index in [0.717, 1.165) is 5.56 Å². The summed E-state index contributed by atoms with van der Waals surface area (Å²) in [6, 6.07) is 8.73. The molecule has 2 N–H and O–H groups in total. The van der Waals surface area contributed by atoms with Crippen LogP contribution in [0.15, 0.2) is 53.9 Å². The predicted octanol–water partition coefficient (Wildman–Crippen LogP) is 4.02. The molecule has 2 aromatic carbocycles. The number of rotatable bonds is 6. The lowest BCUT2D eigenvalue weighted by atomic mass is 10.2. The number of carbonyl (C=O) groups is 1. The van der Waals surface area contributed by atoms with Crippen molar-refractivity contribution >= 4 is 44.8 Å². The molecule has 2 aromatic rings. The van der Waals surface area contributed by atoms with Gasteiger partial charge in [0.05, 0.1) is 21.2 Å². The quantitative estimate of drug-likeness (QED) is 0.721. The summed E-state index contributed by atoms with van der Waals surface area (Å²) in [4.78, 5) is 12.0. The smallest absolute Gasteiger partial charge is 0.261 e. The van der Waals surface area contributed by atoms with Crippen LogP contribution in [0.5, 0.6) is 0 Å². The fourth-order valence-electron chi connectivity index (χ4n) is 1.98. The maximum Gasteiger partial charge on any atom is 0.261 e. The minimum Gasteiger partial charge on any atom is -0.349 e. The fraction of sp³-hybridized carbons (Fsp3) is 0.118. The third-order valence-electron chi connectivity index (χ3n) is 3.32. The number of halogens is 2. The molecule has 0 unspecified atom stereocenters. The molecule has 0 bridgehead atoms. The summed E-state index contributed by atoms with van der Waals surface area (Å²) in [5.74, 6) is -0.486. The molecular weight excluding hydrogens is 383 g/mol. The van der Waals surface area contributed by atoms with E-state index in [1.54, 1.807) is 12.1 Å². The van der Waals surface area contributed by atoms with Gasteiger partial charge in [-0.2, -0.15) is 0 Å². The van der Waals surface area contributed by atoms with Crippen LogP contribution in [0.1, 0.15) is 15.9 Å². The Kier molecular flexibility index (Phi) is 6.11. The van der Waals surface area contributed by atoms with Crippen molar-refractivity contribution in [2.45, 2.75) is 11.8 Å². The molecule has 0 radical (unpaired) electrons. The second-order valence-electron chi connectivity index (χ2n) is 5.21. The minimum atomic E-state index is -3.90. The average Bonchev–Trinajstić information content (AvgIpc) is 2.56. The maximum atomic E-state index is 12.6. The van der Waals surface area contributed by atoms with E-state index < -0.39 is 15.9 Å². The van der Waals surface area contributed by atoms with Crippen LogP contribution in [-0.2, 0) is 10.0 Å². The van der Waals surface area contributed by atoms with Crippen molar-refractivity contribution in [3.05, 3.63) is 70.2 Å². The summed E-state index contributed by atoms with van der Waals surface area (Å²) in [6.07, 6.45) is 1.51. The Balaban J connectivity index is 2.34. The number of sulfonamides is 1. The van der Waals surface area contributed by atoms with Gasteiger partial charge in [-0.05, 0) is 42.8 Å². The lowest BCUT2D eigenvalue weighted by molar-refractivity contribution is 0.0958. The molecule has 0 saturated carbocycles. The molecule has 0 heterocycles. The van der Waals surface area contributed by atoms with Crippen LogP contribution in [0.2, 0.25) is 10.0 Å². The highest BCUT2D eigenvalue weighted by atomic mass is 35.5. The molecule has 8 heteroatoms. The molecule has 0 saturated heterocycles. The summed E-state index contributed by atoms with van der Waals surface area (Å²) in [6.45, 7) is 5.56. The molecular formula is C17H16Cl2N2O3S. The Labute approximate surface area is 156 Å². The van der Waals surface area contributed by atoms with Crippen molar-refractivity contribution in [1.29, 1.82) is 0 Å². The number of nitrogens with one attached hydrogen (secondary N) is 2. The van der Waals surface area contributed by atoms with Crippen LogP contribution in [0, 0.1) is 6.92 Å². The number of aryl methyl sites for hydroxylation is 1. The van der Waals surface area contributed by atoms with Gasteiger partial charge in [0.1, 0.15) is 0 Å². The van der Waals surface area contributed by atoms with E-state index in [9.17, 15) is 13.2 Å². The van der Waals surface area contributed by atoms with E-state index in [1.165, 1.54) is 30.3 Å². The molecule has 5 nitrogen and oxygen atoms in total. The van der Waals surface area contributed by atoms with Crippen molar-refractivity contribution in [2.24, 2.45) is 0 Å². The molecule has 1 amide bonds. The van der Waals surface area contributed by atoms with Gasteiger partial charge in [-0.1, -0.05) is 35.3 Å². The number of hydrogen-bond acceptors (Lipinski definition) is 3. The normalized spacial score (nSPS) is 11.0. The molecule has 0 aliphatic rings. The van der Waals surface area contributed by atoms with Crippen molar-refractivity contribution < 1.29 is 13.2 Å². The van der Waals surface area contributed by atoms with Crippen LogP contribution in [-0.4, -0.2) is 20.9 Å². The van der Waals surface area contributed by atoms with Gasteiger partial charge in [0, 0.05) is 11.6 Å². The van der Waals surface area contributed by atoms with Crippen molar-refractivity contribution in [2.75, 3.05) is 11.3 Å². The molecule has 25 heavy (non-hydrogen) atoms. The Morgan fingerprint density at radius 2 is 1.88 bits per heavy atom. The second-order valence-corrected chi connectivity index (χ2v) is 7.71. The van der Waals surface area contributed by atoms with Crippen molar-refractivity contribution in [1.82, 2.24) is 5.32 Å². The molecule has 0 aromatic heterocycles. The van der Waals surface area contributed by atoms with Crippen LogP contribution in [0.25, 0.3) is 0 Å². The molecule has 0 aliphatic carbocycles. The summed E-state index contributed by atoms with van der Waals surface area (Å²) in [5, 5.41) is 3.15. The lowest BCUT2D eigenvalue weighted by Crippen LogP contribution is -2.24. The fourth-order valence-corrected chi connectivity index (χ4v) is 3.44. The standard InChI is InChI=1S/C17H16Cl2N2O3S/c1-3-8-20-17(22)14-10-13(6-7-15(14)18)25(23,24)21-12-5-4-11(2)16(19)9-12/h3-7,9-10,21H,1,8H2,2H3,(H,20,22). The van der Waals surface area contributed by atoms with Gasteiger partial charge in [0.25, 0.3) is 15.9 Å². The zero-order valence-electron chi connectivity index (χ0n) is 13.3. The first-order valence-electron chi connectivity index (χ1n) is 7.22. The third-order valence-corrected chi connectivity index (χ3v) is 5.44. The van der Waals surface area contributed by atoms with E-state index in [-0.39, 0.29) is 22.0 Å². The zero-order chi connectivity index (χ0) is 18.6. The monoisotopic (exact) mass is 398 g/mol. The van der Waals surface area contributed by atoms with Crippen LogP contribution >= 0.6 is 23.2 Å². The SMILES string of the molecule is C=CCNC(=O)c1cc(S(=O)(=O)Nc2ccc(C)c(Cl)c2)ccc1Cl. The molecule has 0 aliphatic heterocycles. The largest absolute Gasteiger partial charge is 0.349 e. The Morgan fingerprint density at radius 3 is 2.52 bits per heavy atom. The van der Waals surface area contributed by atoms with E-state index in [2.05, 4.69) is 16.6 Å². The van der Waals surface area contributed by atoms with Gasteiger partial charge in [-0.25, -0.2) is 8.42 Å². The Hall–Kier alpha value is -2.02. The molecule has 2 rings (SSSR count). The molecule has 0 atom stereocenters. The molecule has 0 spiro atoms. The lowest BCUT2D eigenvalue weighted by Gasteiger charge is -2.11. The third kappa shape index (κ3) is 4.75. The van der Waals surface area contributed by atoms with Gasteiger partial charge < -0.3 is 5.32 Å². The molecule has 132 valence electrons. The van der Waals surface area contributed by atoms with Gasteiger partial charge in [0.2, 0.25) is 0 Å².